The Bertz CT molecular complexity index is 513. The van der Waals surface area contributed by atoms with Crippen molar-refractivity contribution in [3.05, 3.63) is 34.4 Å². The first-order chi connectivity index (χ1) is 7.66. The normalized spacial score (nSPS) is 10.3. The number of pyridine rings is 1. The molecule has 1 N–H and O–H groups in total. The van der Waals surface area contributed by atoms with Crippen molar-refractivity contribution >= 4 is 28.9 Å². The van der Waals surface area contributed by atoms with Gasteiger partial charge in [-0.1, -0.05) is 17.7 Å². The SMILES string of the molecule is O=C(O)Cc1sc(-c2ccccn2)nc1Cl. The molecule has 0 atom stereocenters. The van der Waals surface area contributed by atoms with Crippen LogP contribution in [-0.4, -0.2) is 21.0 Å². The summed E-state index contributed by atoms with van der Waals surface area (Å²) in [6, 6.07) is 5.45. The molecular weight excluding hydrogens is 248 g/mol. The average molecular weight is 255 g/mol. The maximum atomic E-state index is 10.6. The minimum Gasteiger partial charge on any atom is -0.481 e. The minimum atomic E-state index is -0.918. The van der Waals surface area contributed by atoms with E-state index in [1.165, 1.54) is 11.3 Å². The molecule has 0 bridgehead atoms. The van der Waals surface area contributed by atoms with Crippen LogP contribution in [0, 0.1) is 0 Å². The zero-order chi connectivity index (χ0) is 11.5. The fourth-order valence-corrected chi connectivity index (χ4v) is 2.42. The van der Waals surface area contributed by atoms with E-state index in [-0.39, 0.29) is 11.6 Å². The number of hydrogen-bond acceptors (Lipinski definition) is 4. The van der Waals surface area contributed by atoms with Gasteiger partial charge < -0.3 is 5.11 Å². The summed E-state index contributed by atoms with van der Waals surface area (Å²) in [5.74, 6) is -0.918. The van der Waals surface area contributed by atoms with Crippen LogP contribution in [-0.2, 0) is 11.2 Å². The van der Waals surface area contributed by atoms with E-state index in [0.717, 1.165) is 0 Å². The van der Waals surface area contributed by atoms with Gasteiger partial charge in [-0.05, 0) is 12.1 Å². The molecule has 4 nitrogen and oxygen atoms in total. The molecular formula is C10H7ClN2O2S. The summed E-state index contributed by atoms with van der Waals surface area (Å²) >= 11 is 7.10. The minimum absolute atomic E-state index is 0.108. The number of halogens is 1. The molecule has 6 heteroatoms. The van der Waals surface area contributed by atoms with E-state index in [1.807, 2.05) is 6.07 Å². The molecule has 0 amide bonds. The number of aliphatic carboxylic acids is 1. The topological polar surface area (TPSA) is 63.1 Å². The summed E-state index contributed by atoms with van der Waals surface area (Å²) in [6.07, 6.45) is 1.55. The van der Waals surface area contributed by atoms with E-state index in [4.69, 9.17) is 16.7 Å². The van der Waals surface area contributed by atoms with Gasteiger partial charge in [0.2, 0.25) is 0 Å². The molecule has 0 aromatic carbocycles. The largest absolute Gasteiger partial charge is 0.481 e. The summed E-state index contributed by atoms with van der Waals surface area (Å²) in [5.41, 5.74) is 0.700. The molecule has 2 rings (SSSR count). The van der Waals surface area contributed by atoms with E-state index in [1.54, 1.807) is 18.3 Å². The van der Waals surface area contributed by atoms with Gasteiger partial charge in [0.15, 0.2) is 0 Å². The Labute approximate surface area is 101 Å². The Morgan fingerprint density at radius 1 is 1.50 bits per heavy atom. The number of carboxylic acids is 1. The number of hydrogen-bond donors (Lipinski definition) is 1. The molecule has 0 aliphatic carbocycles. The van der Waals surface area contributed by atoms with Crippen molar-refractivity contribution < 1.29 is 9.90 Å². The van der Waals surface area contributed by atoms with Crippen molar-refractivity contribution in [1.82, 2.24) is 9.97 Å². The lowest BCUT2D eigenvalue weighted by molar-refractivity contribution is -0.136. The van der Waals surface area contributed by atoms with Crippen molar-refractivity contribution in [2.24, 2.45) is 0 Å². The number of rotatable bonds is 3. The molecule has 0 fully saturated rings. The Morgan fingerprint density at radius 2 is 2.31 bits per heavy atom. The lowest BCUT2D eigenvalue weighted by Crippen LogP contribution is -1.97. The van der Waals surface area contributed by atoms with Gasteiger partial charge in [0, 0.05) is 6.20 Å². The van der Waals surface area contributed by atoms with E-state index >= 15 is 0 Å². The zero-order valence-corrected chi connectivity index (χ0v) is 9.63. The summed E-state index contributed by atoms with van der Waals surface area (Å²) in [6.45, 7) is 0. The quantitative estimate of drug-likeness (QED) is 0.914. The molecule has 0 unspecified atom stereocenters. The number of carboxylic acid groups (broad SMARTS) is 1. The van der Waals surface area contributed by atoms with Gasteiger partial charge in [-0.15, -0.1) is 11.3 Å². The highest BCUT2D eigenvalue weighted by molar-refractivity contribution is 7.15. The van der Waals surface area contributed by atoms with Crippen molar-refractivity contribution in [2.45, 2.75) is 6.42 Å². The Hall–Kier alpha value is -1.46. The molecule has 82 valence electrons. The maximum Gasteiger partial charge on any atom is 0.308 e. The molecule has 2 aromatic rings. The first kappa shape index (κ1) is 11.0. The molecule has 0 saturated heterocycles. The van der Waals surface area contributed by atoms with E-state index < -0.39 is 5.97 Å². The smallest absolute Gasteiger partial charge is 0.308 e. The predicted octanol–water partition coefficient (Wildman–Crippen LogP) is 2.49. The van der Waals surface area contributed by atoms with Gasteiger partial charge in [-0.2, -0.15) is 0 Å². The molecule has 0 spiro atoms. The van der Waals surface area contributed by atoms with E-state index in [9.17, 15) is 4.79 Å². The van der Waals surface area contributed by atoms with Gasteiger partial charge >= 0.3 is 5.97 Å². The van der Waals surface area contributed by atoms with Crippen LogP contribution in [0.15, 0.2) is 24.4 Å². The number of thiazole rings is 1. The lowest BCUT2D eigenvalue weighted by atomic mass is 10.4. The van der Waals surface area contributed by atoms with Crippen LogP contribution >= 0.6 is 22.9 Å². The molecule has 0 saturated carbocycles. The monoisotopic (exact) mass is 254 g/mol. The van der Waals surface area contributed by atoms with Crippen molar-refractivity contribution in [2.75, 3.05) is 0 Å². The molecule has 0 aliphatic heterocycles. The molecule has 0 radical (unpaired) electrons. The molecule has 2 heterocycles. The molecule has 2 aromatic heterocycles. The van der Waals surface area contributed by atoms with Crippen molar-refractivity contribution in [1.29, 1.82) is 0 Å². The highest BCUT2D eigenvalue weighted by atomic mass is 35.5. The lowest BCUT2D eigenvalue weighted by Gasteiger charge is -1.91. The summed E-state index contributed by atoms with van der Waals surface area (Å²) < 4.78 is 0. The van der Waals surface area contributed by atoms with Gasteiger partial charge in [-0.25, -0.2) is 4.98 Å². The Morgan fingerprint density at radius 3 is 2.94 bits per heavy atom. The van der Waals surface area contributed by atoms with Crippen LogP contribution in [0.2, 0.25) is 5.15 Å². The fourth-order valence-electron chi connectivity index (χ4n) is 1.18. The van der Waals surface area contributed by atoms with E-state index in [2.05, 4.69) is 9.97 Å². The number of carbonyl (C=O) groups is 1. The van der Waals surface area contributed by atoms with Crippen LogP contribution < -0.4 is 0 Å². The maximum absolute atomic E-state index is 10.6. The van der Waals surface area contributed by atoms with Crippen LogP contribution in [0.3, 0.4) is 0 Å². The predicted molar refractivity (Wildman–Crippen MR) is 61.7 cm³/mol. The third-order valence-corrected chi connectivity index (χ3v) is 3.35. The second kappa shape index (κ2) is 4.59. The van der Waals surface area contributed by atoms with Gasteiger partial charge in [0.1, 0.15) is 10.2 Å². The number of aromatic nitrogens is 2. The standard InChI is InChI=1S/C10H7ClN2O2S/c11-9-7(5-8(14)15)16-10(13-9)6-3-1-2-4-12-6/h1-4H,5H2,(H,14,15). The Balaban J connectivity index is 2.34. The highest BCUT2D eigenvalue weighted by Gasteiger charge is 2.13. The Kier molecular flexibility index (Phi) is 3.17. The fraction of sp³-hybridized carbons (Fsp3) is 0.100. The summed E-state index contributed by atoms with van der Waals surface area (Å²) in [5, 5.41) is 9.56. The van der Waals surface area contributed by atoms with Crippen molar-refractivity contribution in [3.8, 4) is 10.7 Å². The zero-order valence-electron chi connectivity index (χ0n) is 8.05. The van der Waals surface area contributed by atoms with Gasteiger partial charge in [0.05, 0.1) is 17.0 Å². The molecule has 0 aliphatic rings. The summed E-state index contributed by atoms with van der Waals surface area (Å²) in [4.78, 5) is 19.3. The van der Waals surface area contributed by atoms with Crippen LogP contribution in [0.25, 0.3) is 10.7 Å². The van der Waals surface area contributed by atoms with Gasteiger partial charge in [-0.3, -0.25) is 9.78 Å². The third-order valence-electron chi connectivity index (χ3n) is 1.85. The summed E-state index contributed by atoms with van der Waals surface area (Å²) in [7, 11) is 0. The van der Waals surface area contributed by atoms with Gasteiger partial charge in [0.25, 0.3) is 0 Å². The molecule has 16 heavy (non-hydrogen) atoms. The van der Waals surface area contributed by atoms with Crippen LogP contribution in [0.4, 0.5) is 0 Å². The average Bonchev–Trinajstić information content (AvgIpc) is 2.61. The first-order valence-electron chi connectivity index (χ1n) is 4.45. The van der Waals surface area contributed by atoms with E-state index in [0.29, 0.717) is 15.6 Å². The third kappa shape index (κ3) is 2.37. The number of nitrogens with zero attached hydrogens (tertiary/aromatic N) is 2. The first-order valence-corrected chi connectivity index (χ1v) is 5.64. The van der Waals surface area contributed by atoms with Crippen LogP contribution in [0.5, 0.6) is 0 Å². The van der Waals surface area contributed by atoms with Crippen molar-refractivity contribution in [3.63, 3.8) is 0 Å². The second-order valence-electron chi connectivity index (χ2n) is 3.02. The van der Waals surface area contributed by atoms with Crippen LogP contribution in [0.1, 0.15) is 4.88 Å². The highest BCUT2D eigenvalue weighted by Crippen LogP contribution is 2.29. The second-order valence-corrected chi connectivity index (χ2v) is 4.46.